The molecule has 1 fully saturated rings. The quantitative estimate of drug-likeness (QED) is 0.671. The molecule has 3 N–H and O–H groups in total. The van der Waals surface area contributed by atoms with E-state index in [1.54, 1.807) is 24.3 Å². The highest BCUT2D eigenvalue weighted by atomic mass is 16.4. The standard InChI is InChI=1S/C19H26N2O4/c22-17(11-14-7-3-1-4-8-14)21-13-18(23)20-12-16(19(24)25)15-9-5-2-6-10-15/h2,5-6,9-10,14,16H,1,3-4,7-8,11-13H2,(H,20,23)(H,21,22)(H,24,25). The molecule has 1 aliphatic carbocycles. The second-order valence-corrected chi connectivity index (χ2v) is 6.59. The predicted molar refractivity (Wildman–Crippen MR) is 94.0 cm³/mol. The van der Waals surface area contributed by atoms with Crippen LogP contribution >= 0.6 is 0 Å². The summed E-state index contributed by atoms with van der Waals surface area (Å²) in [4.78, 5) is 35.2. The lowest BCUT2D eigenvalue weighted by Crippen LogP contribution is -2.40. The monoisotopic (exact) mass is 346 g/mol. The third-order valence-electron chi connectivity index (χ3n) is 4.65. The minimum absolute atomic E-state index is 0.00330. The van der Waals surface area contributed by atoms with Crippen molar-refractivity contribution in [3.63, 3.8) is 0 Å². The van der Waals surface area contributed by atoms with Crippen LogP contribution < -0.4 is 10.6 Å². The van der Waals surface area contributed by atoms with Crippen molar-refractivity contribution >= 4 is 17.8 Å². The highest BCUT2D eigenvalue weighted by Gasteiger charge is 2.21. The Bertz CT molecular complexity index is 582. The Morgan fingerprint density at radius 2 is 1.68 bits per heavy atom. The first-order valence-electron chi connectivity index (χ1n) is 8.87. The van der Waals surface area contributed by atoms with Crippen LogP contribution in [0.1, 0.15) is 50.0 Å². The average molecular weight is 346 g/mol. The molecular weight excluding hydrogens is 320 g/mol. The van der Waals surface area contributed by atoms with Gasteiger partial charge in [0.2, 0.25) is 11.8 Å². The molecule has 136 valence electrons. The fraction of sp³-hybridized carbons (Fsp3) is 0.526. The molecule has 0 spiro atoms. The molecule has 1 unspecified atom stereocenters. The van der Waals surface area contributed by atoms with Crippen LogP contribution in [0.2, 0.25) is 0 Å². The Morgan fingerprint density at radius 1 is 1.00 bits per heavy atom. The Labute approximate surface area is 148 Å². The first kappa shape index (κ1) is 19.0. The predicted octanol–water partition coefficient (Wildman–Crippen LogP) is 2.06. The summed E-state index contributed by atoms with van der Waals surface area (Å²) in [6, 6.07) is 8.77. The molecule has 0 saturated heterocycles. The lowest BCUT2D eigenvalue weighted by Gasteiger charge is -2.20. The molecular formula is C19H26N2O4. The van der Waals surface area contributed by atoms with Crippen LogP contribution in [-0.2, 0) is 14.4 Å². The minimum atomic E-state index is -0.993. The number of rotatable bonds is 8. The lowest BCUT2D eigenvalue weighted by atomic mass is 9.87. The summed E-state index contributed by atoms with van der Waals surface area (Å²) in [6.07, 6.45) is 6.22. The van der Waals surface area contributed by atoms with Crippen LogP contribution in [0.5, 0.6) is 0 Å². The largest absolute Gasteiger partial charge is 0.481 e. The van der Waals surface area contributed by atoms with E-state index in [-0.39, 0.29) is 24.9 Å². The van der Waals surface area contributed by atoms with Gasteiger partial charge in [-0.05, 0) is 24.3 Å². The van der Waals surface area contributed by atoms with Crippen LogP contribution in [0.4, 0.5) is 0 Å². The maximum absolute atomic E-state index is 11.9. The summed E-state index contributed by atoms with van der Waals surface area (Å²) in [5, 5.41) is 14.5. The first-order valence-corrected chi connectivity index (χ1v) is 8.87. The van der Waals surface area contributed by atoms with Crippen molar-refractivity contribution < 1.29 is 19.5 Å². The fourth-order valence-corrected chi connectivity index (χ4v) is 3.22. The van der Waals surface area contributed by atoms with Gasteiger partial charge in [-0.3, -0.25) is 14.4 Å². The third kappa shape index (κ3) is 6.57. The zero-order valence-electron chi connectivity index (χ0n) is 14.4. The van der Waals surface area contributed by atoms with E-state index in [0.717, 1.165) is 12.8 Å². The van der Waals surface area contributed by atoms with Gasteiger partial charge in [0.1, 0.15) is 0 Å². The van der Waals surface area contributed by atoms with E-state index >= 15 is 0 Å². The second-order valence-electron chi connectivity index (χ2n) is 6.59. The summed E-state index contributed by atoms with van der Waals surface area (Å²) in [6.45, 7) is -0.122. The number of carboxylic acids is 1. The van der Waals surface area contributed by atoms with E-state index in [2.05, 4.69) is 10.6 Å². The van der Waals surface area contributed by atoms with Crippen molar-refractivity contribution in [2.45, 2.75) is 44.4 Å². The molecule has 1 aromatic rings. The molecule has 0 bridgehead atoms. The van der Waals surface area contributed by atoms with E-state index in [1.165, 1.54) is 19.3 Å². The summed E-state index contributed by atoms with van der Waals surface area (Å²) < 4.78 is 0. The molecule has 1 saturated carbocycles. The highest BCUT2D eigenvalue weighted by Crippen LogP contribution is 2.25. The molecule has 25 heavy (non-hydrogen) atoms. The molecule has 0 heterocycles. The zero-order chi connectivity index (χ0) is 18.1. The van der Waals surface area contributed by atoms with Crippen LogP contribution in [0.3, 0.4) is 0 Å². The van der Waals surface area contributed by atoms with Crippen LogP contribution in [0, 0.1) is 5.92 Å². The molecule has 1 aromatic carbocycles. The Balaban J connectivity index is 1.72. The van der Waals surface area contributed by atoms with Crippen LogP contribution in [0.25, 0.3) is 0 Å². The van der Waals surface area contributed by atoms with E-state index in [1.807, 2.05) is 6.07 Å². The number of aliphatic carboxylic acids is 1. The summed E-state index contributed by atoms with van der Waals surface area (Å²) in [7, 11) is 0. The number of hydrogen-bond donors (Lipinski definition) is 3. The number of benzene rings is 1. The van der Waals surface area contributed by atoms with Crippen molar-refractivity contribution in [3.8, 4) is 0 Å². The van der Waals surface area contributed by atoms with Crippen LogP contribution in [-0.4, -0.2) is 36.0 Å². The van der Waals surface area contributed by atoms with Crippen molar-refractivity contribution in [2.24, 2.45) is 5.92 Å². The summed E-state index contributed by atoms with van der Waals surface area (Å²) in [5.41, 5.74) is 0.636. The number of carbonyl (C=O) groups excluding carboxylic acids is 2. The maximum Gasteiger partial charge on any atom is 0.312 e. The van der Waals surface area contributed by atoms with E-state index in [4.69, 9.17) is 0 Å². The molecule has 6 heteroatoms. The van der Waals surface area contributed by atoms with Gasteiger partial charge in [-0.15, -0.1) is 0 Å². The number of amides is 2. The van der Waals surface area contributed by atoms with Crippen molar-refractivity contribution in [3.05, 3.63) is 35.9 Å². The van der Waals surface area contributed by atoms with E-state index in [9.17, 15) is 19.5 Å². The third-order valence-corrected chi connectivity index (χ3v) is 4.65. The molecule has 0 aromatic heterocycles. The fourth-order valence-electron chi connectivity index (χ4n) is 3.22. The van der Waals surface area contributed by atoms with Crippen molar-refractivity contribution in [1.82, 2.24) is 10.6 Å². The van der Waals surface area contributed by atoms with Gasteiger partial charge in [0.25, 0.3) is 0 Å². The van der Waals surface area contributed by atoms with Gasteiger partial charge in [-0.1, -0.05) is 49.6 Å². The Hall–Kier alpha value is -2.37. The molecule has 1 atom stereocenters. The number of nitrogens with one attached hydrogen (secondary N) is 2. The molecule has 1 aliphatic rings. The molecule has 0 radical (unpaired) electrons. The lowest BCUT2D eigenvalue weighted by molar-refractivity contribution is -0.138. The van der Waals surface area contributed by atoms with Gasteiger partial charge in [0, 0.05) is 13.0 Å². The number of carbonyl (C=O) groups is 3. The van der Waals surface area contributed by atoms with Crippen molar-refractivity contribution in [1.29, 1.82) is 0 Å². The van der Waals surface area contributed by atoms with Crippen LogP contribution in [0.15, 0.2) is 30.3 Å². The van der Waals surface area contributed by atoms with E-state index in [0.29, 0.717) is 17.9 Å². The van der Waals surface area contributed by atoms with Gasteiger partial charge >= 0.3 is 5.97 Å². The molecule has 2 rings (SSSR count). The Morgan fingerprint density at radius 3 is 2.32 bits per heavy atom. The second kappa shape index (κ2) is 9.81. The molecule has 2 amide bonds. The smallest absolute Gasteiger partial charge is 0.312 e. The van der Waals surface area contributed by atoms with Crippen molar-refractivity contribution in [2.75, 3.05) is 13.1 Å². The van der Waals surface area contributed by atoms with E-state index < -0.39 is 11.9 Å². The topological polar surface area (TPSA) is 95.5 Å². The first-order chi connectivity index (χ1) is 12.1. The highest BCUT2D eigenvalue weighted by molar-refractivity contribution is 5.85. The minimum Gasteiger partial charge on any atom is -0.481 e. The SMILES string of the molecule is O=C(CNC(=O)CC1CCCCC1)NCC(C(=O)O)c1ccccc1. The normalized spacial score (nSPS) is 16.0. The van der Waals surface area contributed by atoms with Gasteiger partial charge < -0.3 is 15.7 Å². The Kier molecular flexibility index (Phi) is 7.44. The average Bonchev–Trinajstić information content (AvgIpc) is 2.61. The van der Waals surface area contributed by atoms with Gasteiger partial charge in [-0.25, -0.2) is 0 Å². The summed E-state index contributed by atoms with van der Waals surface area (Å²) in [5.74, 6) is -1.86. The number of carboxylic acid groups (broad SMARTS) is 1. The van der Waals surface area contributed by atoms with Gasteiger partial charge in [0.05, 0.1) is 12.5 Å². The number of hydrogen-bond acceptors (Lipinski definition) is 3. The van der Waals surface area contributed by atoms with Gasteiger partial charge in [0.15, 0.2) is 0 Å². The molecule has 0 aliphatic heterocycles. The summed E-state index contributed by atoms with van der Waals surface area (Å²) >= 11 is 0. The molecule has 6 nitrogen and oxygen atoms in total. The maximum atomic E-state index is 11.9. The zero-order valence-corrected chi connectivity index (χ0v) is 14.4. The van der Waals surface area contributed by atoms with Gasteiger partial charge in [-0.2, -0.15) is 0 Å².